The lowest BCUT2D eigenvalue weighted by Gasteiger charge is -2.41. The Kier molecular flexibility index (Phi) is 3.39. The number of aryl methyl sites for hydroxylation is 1. The highest BCUT2D eigenvalue weighted by atomic mass is 15.2. The van der Waals surface area contributed by atoms with Crippen LogP contribution >= 0.6 is 0 Å². The smallest absolute Gasteiger partial charge is 0.0522 e. The van der Waals surface area contributed by atoms with Gasteiger partial charge in [-0.3, -0.25) is 9.58 Å². The average Bonchev–Trinajstić information content (AvgIpc) is 2.97. The van der Waals surface area contributed by atoms with E-state index in [2.05, 4.69) is 21.5 Å². The van der Waals surface area contributed by atoms with E-state index in [1.54, 1.807) is 0 Å². The van der Waals surface area contributed by atoms with Crippen LogP contribution in [0.1, 0.15) is 31.2 Å². The molecule has 0 radical (unpaired) electrons. The number of nitrogens with one attached hydrogen (secondary N) is 1. The molecule has 0 unspecified atom stereocenters. The summed E-state index contributed by atoms with van der Waals surface area (Å²) in [7, 11) is 1.99. The van der Waals surface area contributed by atoms with Gasteiger partial charge in [0.15, 0.2) is 0 Å². The van der Waals surface area contributed by atoms with Gasteiger partial charge < -0.3 is 5.32 Å². The highest BCUT2D eigenvalue weighted by Gasteiger charge is 2.37. The summed E-state index contributed by atoms with van der Waals surface area (Å²) in [6, 6.07) is 0. The van der Waals surface area contributed by atoms with Gasteiger partial charge in [0.2, 0.25) is 0 Å². The maximum absolute atomic E-state index is 4.24. The van der Waals surface area contributed by atoms with Crippen molar-refractivity contribution in [2.75, 3.05) is 26.2 Å². The first-order chi connectivity index (χ1) is 8.76. The fourth-order valence-electron chi connectivity index (χ4n) is 3.51. The molecule has 1 spiro atoms. The number of aromatic nitrogens is 2. The SMILES string of the molecule is Cn1cc(CCN2CCNC3(CCCC3)C2)cn1. The minimum Gasteiger partial charge on any atom is -0.309 e. The molecule has 0 amide bonds. The van der Waals surface area contributed by atoms with E-state index in [0.717, 1.165) is 13.0 Å². The van der Waals surface area contributed by atoms with E-state index < -0.39 is 0 Å². The van der Waals surface area contributed by atoms with Gasteiger partial charge in [-0.05, 0) is 24.8 Å². The molecule has 1 saturated heterocycles. The maximum atomic E-state index is 4.24. The van der Waals surface area contributed by atoms with E-state index in [1.165, 1.54) is 50.9 Å². The zero-order valence-electron chi connectivity index (χ0n) is 11.4. The van der Waals surface area contributed by atoms with Gasteiger partial charge in [0.05, 0.1) is 6.20 Å². The van der Waals surface area contributed by atoms with E-state index in [1.807, 2.05) is 17.9 Å². The molecule has 0 bridgehead atoms. The first-order valence-corrected chi connectivity index (χ1v) is 7.21. The second kappa shape index (κ2) is 5.02. The Hall–Kier alpha value is -0.870. The topological polar surface area (TPSA) is 33.1 Å². The second-order valence-electron chi connectivity index (χ2n) is 5.96. The molecule has 4 nitrogen and oxygen atoms in total. The Bertz CT molecular complexity index is 392. The molecule has 1 aromatic heterocycles. The molecular formula is C14H24N4. The fraction of sp³-hybridized carbons (Fsp3) is 0.786. The normalized spacial score (nSPS) is 23.8. The molecule has 1 aliphatic carbocycles. The van der Waals surface area contributed by atoms with Crippen LogP contribution in [0, 0.1) is 0 Å². The highest BCUT2D eigenvalue weighted by Crippen LogP contribution is 2.31. The number of nitrogens with zero attached hydrogens (tertiary/aromatic N) is 3. The van der Waals surface area contributed by atoms with E-state index in [-0.39, 0.29) is 0 Å². The third-order valence-corrected chi connectivity index (χ3v) is 4.49. The Balaban J connectivity index is 1.53. The monoisotopic (exact) mass is 248 g/mol. The van der Waals surface area contributed by atoms with Crippen molar-refractivity contribution in [3.63, 3.8) is 0 Å². The molecule has 4 heteroatoms. The molecule has 1 aliphatic heterocycles. The van der Waals surface area contributed by atoms with Gasteiger partial charge in [-0.1, -0.05) is 12.8 Å². The molecule has 2 aliphatic rings. The molecule has 2 fully saturated rings. The van der Waals surface area contributed by atoms with E-state index in [4.69, 9.17) is 0 Å². The Labute approximate surface area is 109 Å². The largest absolute Gasteiger partial charge is 0.309 e. The minimum atomic E-state index is 0.452. The van der Waals surface area contributed by atoms with Crippen LogP contribution in [0.3, 0.4) is 0 Å². The molecule has 3 rings (SSSR count). The molecule has 18 heavy (non-hydrogen) atoms. The van der Waals surface area contributed by atoms with E-state index in [0.29, 0.717) is 5.54 Å². The number of hydrogen-bond donors (Lipinski definition) is 1. The second-order valence-corrected chi connectivity index (χ2v) is 5.96. The predicted octanol–water partition coefficient (Wildman–Crippen LogP) is 1.18. The standard InChI is InChI=1S/C14H24N4/c1-17-11-13(10-16-17)4-8-18-9-7-15-14(12-18)5-2-3-6-14/h10-11,15H,2-9,12H2,1H3. The van der Waals surface area contributed by atoms with Crippen LogP contribution in [0.4, 0.5) is 0 Å². The number of piperazine rings is 1. The van der Waals surface area contributed by atoms with Gasteiger partial charge in [-0.25, -0.2) is 0 Å². The van der Waals surface area contributed by atoms with Crippen molar-refractivity contribution in [3.8, 4) is 0 Å². The van der Waals surface area contributed by atoms with Crippen LogP contribution in [0.15, 0.2) is 12.4 Å². The number of hydrogen-bond acceptors (Lipinski definition) is 3. The lowest BCUT2D eigenvalue weighted by atomic mass is 9.94. The zero-order valence-corrected chi connectivity index (χ0v) is 11.4. The van der Waals surface area contributed by atoms with Gasteiger partial charge in [-0.2, -0.15) is 5.10 Å². The third-order valence-electron chi connectivity index (χ3n) is 4.49. The van der Waals surface area contributed by atoms with Crippen molar-refractivity contribution in [1.82, 2.24) is 20.0 Å². The summed E-state index contributed by atoms with van der Waals surface area (Å²) in [5, 5.41) is 8.01. The summed E-state index contributed by atoms with van der Waals surface area (Å²) < 4.78 is 1.89. The maximum Gasteiger partial charge on any atom is 0.0522 e. The molecular weight excluding hydrogens is 224 g/mol. The van der Waals surface area contributed by atoms with Crippen LogP contribution < -0.4 is 5.32 Å². The van der Waals surface area contributed by atoms with E-state index in [9.17, 15) is 0 Å². The van der Waals surface area contributed by atoms with Crippen LogP contribution in [-0.2, 0) is 13.5 Å². The lowest BCUT2D eigenvalue weighted by Crippen LogP contribution is -2.59. The van der Waals surface area contributed by atoms with E-state index >= 15 is 0 Å². The Morgan fingerprint density at radius 3 is 2.94 bits per heavy atom. The van der Waals surface area contributed by atoms with Gasteiger partial charge in [-0.15, -0.1) is 0 Å². The van der Waals surface area contributed by atoms with Crippen molar-refractivity contribution < 1.29 is 0 Å². The van der Waals surface area contributed by atoms with Crippen LogP contribution in [0.5, 0.6) is 0 Å². The zero-order chi connectivity index (χ0) is 12.4. The predicted molar refractivity (Wildman–Crippen MR) is 72.6 cm³/mol. The molecule has 0 atom stereocenters. The van der Waals surface area contributed by atoms with Crippen LogP contribution in [0.2, 0.25) is 0 Å². The fourth-order valence-corrected chi connectivity index (χ4v) is 3.51. The first kappa shape index (κ1) is 12.2. The quantitative estimate of drug-likeness (QED) is 0.872. The molecule has 1 aromatic rings. The summed E-state index contributed by atoms with van der Waals surface area (Å²) in [4.78, 5) is 2.63. The average molecular weight is 248 g/mol. The van der Waals surface area contributed by atoms with Crippen molar-refractivity contribution in [1.29, 1.82) is 0 Å². The number of rotatable bonds is 3. The summed E-state index contributed by atoms with van der Waals surface area (Å²) in [5.74, 6) is 0. The van der Waals surface area contributed by atoms with Crippen LogP contribution in [0.25, 0.3) is 0 Å². The molecule has 1 N–H and O–H groups in total. The minimum absolute atomic E-state index is 0.452. The summed E-state index contributed by atoms with van der Waals surface area (Å²) >= 11 is 0. The summed E-state index contributed by atoms with van der Waals surface area (Å²) in [6.07, 6.45) is 10.8. The van der Waals surface area contributed by atoms with Crippen molar-refractivity contribution in [2.24, 2.45) is 7.05 Å². The summed E-state index contributed by atoms with van der Waals surface area (Å²) in [6.45, 7) is 4.78. The molecule has 2 heterocycles. The van der Waals surface area contributed by atoms with Crippen molar-refractivity contribution >= 4 is 0 Å². The molecule has 100 valence electrons. The van der Waals surface area contributed by atoms with Crippen LogP contribution in [-0.4, -0.2) is 46.4 Å². The van der Waals surface area contributed by atoms with Crippen molar-refractivity contribution in [3.05, 3.63) is 18.0 Å². The van der Waals surface area contributed by atoms with Gasteiger partial charge in [0.25, 0.3) is 0 Å². The molecule has 1 saturated carbocycles. The summed E-state index contributed by atoms with van der Waals surface area (Å²) in [5.41, 5.74) is 1.81. The van der Waals surface area contributed by atoms with Gasteiger partial charge >= 0.3 is 0 Å². The highest BCUT2D eigenvalue weighted by molar-refractivity contribution is 5.05. The third kappa shape index (κ3) is 2.59. The van der Waals surface area contributed by atoms with Crippen molar-refractivity contribution in [2.45, 2.75) is 37.6 Å². The van der Waals surface area contributed by atoms with Gasteiger partial charge in [0.1, 0.15) is 0 Å². The lowest BCUT2D eigenvalue weighted by molar-refractivity contribution is 0.136. The Morgan fingerprint density at radius 1 is 1.39 bits per heavy atom. The Morgan fingerprint density at radius 2 is 2.22 bits per heavy atom. The molecule has 0 aromatic carbocycles. The first-order valence-electron chi connectivity index (χ1n) is 7.21. The van der Waals surface area contributed by atoms with Gasteiger partial charge in [0, 0.05) is 45.0 Å².